The SMILES string of the molecule is COc1ccc2c(c1)[C@]13CCN(CCc4ccccc4)[C@H](C2)[C@@H]1CCC(C)C3. The van der Waals surface area contributed by atoms with Gasteiger partial charge >= 0.3 is 0 Å². The van der Waals surface area contributed by atoms with E-state index in [-0.39, 0.29) is 0 Å². The van der Waals surface area contributed by atoms with Crippen LogP contribution in [0, 0.1) is 11.8 Å². The first-order valence-corrected chi connectivity index (χ1v) is 11.1. The number of fused-ring (bicyclic) bond motifs is 1. The molecule has 1 saturated carbocycles. The molecule has 2 aromatic rings. The van der Waals surface area contributed by atoms with Crippen LogP contribution >= 0.6 is 0 Å². The Morgan fingerprint density at radius 1 is 1.11 bits per heavy atom. The summed E-state index contributed by atoms with van der Waals surface area (Å²) in [6.07, 6.45) is 7.85. The second kappa shape index (κ2) is 7.22. The molecule has 2 heteroatoms. The number of hydrogen-bond acceptors (Lipinski definition) is 2. The van der Waals surface area contributed by atoms with Gasteiger partial charge in [-0.1, -0.05) is 49.7 Å². The first-order valence-electron chi connectivity index (χ1n) is 11.1. The highest BCUT2D eigenvalue weighted by Gasteiger charge is 2.54. The summed E-state index contributed by atoms with van der Waals surface area (Å²) in [6.45, 7) is 4.91. The maximum atomic E-state index is 5.62. The molecule has 0 N–H and O–H groups in total. The molecule has 28 heavy (non-hydrogen) atoms. The van der Waals surface area contributed by atoms with Gasteiger partial charge in [0.1, 0.15) is 5.75 Å². The van der Waals surface area contributed by atoms with E-state index >= 15 is 0 Å². The van der Waals surface area contributed by atoms with Crippen LogP contribution in [0.25, 0.3) is 0 Å². The highest BCUT2D eigenvalue weighted by atomic mass is 16.5. The molecule has 2 aliphatic carbocycles. The predicted octanol–water partition coefficient (Wildman–Crippen LogP) is 5.24. The summed E-state index contributed by atoms with van der Waals surface area (Å²) in [6, 6.07) is 18.6. The van der Waals surface area contributed by atoms with Crippen LogP contribution in [-0.2, 0) is 18.3 Å². The Labute approximate surface area is 169 Å². The van der Waals surface area contributed by atoms with Gasteiger partial charge in [0.25, 0.3) is 0 Å². The van der Waals surface area contributed by atoms with Crippen LogP contribution in [-0.4, -0.2) is 31.1 Å². The van der Waals surface area contributed by atoms with E-state index in [0.29, 0.717) is 11.5 Å². The van der Waals surface area contributed by atoms with Gasteiger partial charge in [-0.3, -0.25) is 4.90 Å². The summed E-state index contributed by atoms with van der Waals surface area (Å²) in [7, 11) is 1.80. The molecule has 3 aliphatic rings. The van der Waals surface area contributed by atoms with Crippen molar-refractivity contribution >= 4 is 0 Å². The molecule has 1 heterocycles. The summed E-state index contributed by atoms with van der Waals surface area (Å²) in [4.78, 5) is 2.83. The van der Waals surface area contributed by atoms with Gasteiger partial charge in [-0.05, 0) is 79.3 Å². The molecule has 0 amide bonds. The number of nitrogens with zero attached hydrogens (tertiary/aromatic N) is 1. The van der Waals surface area contributed by atoms with Crippen molar-refractivity contribution < 1.29 is 4.74 Å². The van der Waals surface area contributed by atoms with Crippen molar-refractivity contribution in [2.24, 2.45) is 11.8 Å². The van der Waals surface area contributed by atoms with E-state index in [2.05, 4.69) is 60.4 Å². The number of likely N-dealkylation sites (tertiary alicyclic amines) is 1. The van der Waals surface area contributed by atoms with Crippen molar-refractivity contribution in [3.8, 4) is 5.75 Å². The largest absolute Gasteiger partial charge is 0.497 e. The van der Waals surface area contributed by atoms with Crippen LogP contribution in [0.1, 0.15) is 49.3 Å². The van der Waals surface area contributed by atoms with Crippen molar-refractivity contribution in [3.63, 3.8) is 0 Å². The van der Waals surface area contributed by atoms with Gasteiger partial charge in [-0.2, -0.15) is 0 Å². The number of rotatable bonds is 4. The fourth-order valence-corrected chi connectivity index (χ4v) is 6.69. The average Bonchev–Trinajstić information content (AvgIpc) is 2.73. The molecule has 1 aliphatic heterocycles. The Morgan fingerprint density at radius 3 is 2.79 bits per heavy atom. The molecule has 148 valence electrons. The fraction of sp³-hybridized carbons (Fsp3) is 0.538. The van der Waals surface area contributed by atoms with Crippen LogP contribution in [0.3, 0.4) is 0 Å². The highest BCUT2D eigenvalue weighted by molar-refractivity contribution is 5.45. The maximum Gasteiger partial charge on any atom is 0.119 e. The van der Waals surface area contributed by atoms with E-state index in [1.807, 2.05) is 0 Å². The van der Waals surface area contributed by atoms with E-state index in [4.69, 9.17) is 4.74 Å². The minimum absolute atomic E-state index is 0.383. The third-order valence-electron chi connectivity index (χ3n) is 7.98. The Hall–Kier alpha value is -1.80. The van der Waals surface area contributed by atoms with Gasteiger partial charge in [0.2, 0.25) is 0 Å². The van der Waals surface area contributed by atoms with E-state index in [1.165, 1.54) is 57.2 Å². The molecule has 0 aromatic heterocycles. The lowest BCUT2D eigenvalue weighted by atomic mass is 9.51. The number of ether oxygens (including phenoxy) is 1. The normalized spacial score (nSPS) is 31.7. The molecule has 2 fully saturated rings. The lowest BCUT2D eigenvalue weighted by Gasteiger charge is -2.60. The van der Waals surface area contributed by atoms with Crippen LogP contribution in [0.5, 0.6) is 5.75 Å². The van der Waals surface area contributed by atoms with E-state index in [9.17, 15) is 0 Å². The van der Waals surface area contributed by atoms with E-state index in [0.717, 1.165) is 17.6 Å². The van der Waals surface area contributed by atoms with Crippen molar-refractivity contribution in [2.75, 3.05) is 20.2 Å². The third kappa shape index (κ3) is 2.97. The summed E-state index contributed by atoms with van der Waals surface area (Å²) < 4.78 is 5.62. The average molecular weight is 376 g/mol. The number of methoxy groups -OCH3 is 1. The summed E-state index contributed by atoms with van der Waals surface area (Å²) >= 11 is 0. The van der Waals surface area contributed by atoms with Crippen LogP contribution in [0.2, 0.25) is 0 Å². The first kappa shape index (κ1) is 18.2. The summed E-state index contributed by atoms with van der Waals surface area (Å²) in [5, 5.41) is 0. The topological polar surface area (TPSA) is 12.5 Å². The fourth-order valence-electron chi connectivity index (χ4n) is 6.69. The predicted molar refractivity (Wildman–Crippen MR) is 115 cm³/mol. The number of benzene rings is 2. The maximum absolute atomic E-state index is 5.62. The smallest absolute Gasteiger partial charge is 0.119 e. The Bertz CT molecular complexity index is 832. The molecular formula is C26H33NO. The van der Waals surface area contributed by atoms with Gasteiger partial charge in [0.05, 0.1) is 7.11 Å². The van der Waals surface area contributed by atoms with Gasteiger partial charge in [-0.25, -0.2) is 0 Å². The first-order chi connectivity index (χ1) is 13.7. The van der Waals surface area contributed by atoms with E-state index < -0.39 is 0 Å². The Kier molecular flexibility index (Phi) is 4.71. The van der Waals surface area contributed by atoms with Crippen LogP contribution in [0.4, 0.5) is 0 Å². The lowest BCUT2D eigenvalue weighted by molar-refractivity contribution is -0.0229. The Balaban J connectivity index is 1.46. The minimum atomic E-state index is 0.383. The molecule has 0 radical (unpaired) electrons. The molecule has 1 unspecified atom stereocenters. The quantitative estimate of drug-likeness (QED) is 0.724. The second-order valence-corrected chi connectivity index (χ2v) is 9.47. The zero-order chi connectivity index (χ0) is 19.1. The molecule has 2 nitrogen and oxygen atoms in total. The van der Waals surface area contributed by atoms with Gasteiger partial charge in [-0.15, -0.1) is 0 Å². The van der Waals surface area contributed by atoms with Gasteiger partial charge < -0.3 is 4.74 Å². The number of piperidine rings is 1. The van der Waals surface area contributed by atoms with Crippen molar-refractivity contribution in [1.29, 1.82) is 0 Å². The van der Waals surface area contributed by atoms with Crippen molar-refractivity contribution in [1.82, 2.24) is 4.90 Å². The third-order valence-corrected chi connectivity index (χ3v) is 7.98. The minimum Gasteiger partial charge on any atom is -0.497 e. The zero-order valence-electron chi connectivity index (χ0n) is 17.4. The molecule has 5 rings (SSSR count). The lowest BCUT2D eigenvalue weighted by Crippen LogP contribution is -2.61. The monoisotopic (exact) mass is 375 g/mol. The molecule has 2 aromatic carbocycles. The van der Waals surface area contributed by atoms with Gasteiger partial charge in [0.15, 0.2) is 0 Å². The highest BCUT2D eigenvalue weighted by Crippen LogP contribution is 2.57. The van der Waals surface area contributed by atoms with Crippen molar-refractivity contribution in [2.45, 2.75) is 56.9 Å². The number of hydrogen-bond donors (Lipinski definition) is 0. The molecule has 4 atom stereocenters. The zero-order valence-corrected chi connectivity index (χ0v) is 17.4. The van der Waals surface area contributed by atoms with Crippen LogP contribution < -0.4 is 4.74 Å². The molecule has 0 spiro atoms. The standard InChI is InChI=1S/C26H33NO/c1-19-8-11-23-25-16-21-9-10-22(28-2)17-24(21)26(23,18-19)13-15-27(25)14-12-20-6-4-3-5-7-20/h3-7,9-10,17,19,23,25H,8,11-16,18H2,1-2H3/t19?,23-,25+,26-/m0/s1. The summed E-state index contributed by atoms with van der Waals surface area (Å²) in [5.74, 6) is 2.69. The molecule has 2 bridgehead atoms. The summed E-state index contributed by atoms with van der Waals surface area (Å²) in [5.41, 5.74) is 5.06. The second-order valence-electron chi connectivity index (χ2n) is 9.47. The molecule has 1 saturated heterocycles. The molecular weight excluding hydrogens is 342 g/mol. The Morgan fingerprint density at radius 2 is 1.96 bits per heavy atom. The van der Waals surface area contributed by atoms with E-state index in [1.54, 1.807) is 18.2 Å². The van der Waals surface area contributed by atoms with Gasteiger partial charge in [0, 0.05) is 18.0 Å². The van der Waals surface area contributed by atoms with Crippen LogP contribution in [0.15, 0.2) is 48.5 Å². The van der Waals surface area contributed by atoms with Crippen molar-refractivity contribution in [3.05, 3.63) is 65.2 Å².